The fourth-order valence-corrected chi connectivity index (χ4v) is 2.59. The summed E-state index contributed by atoms with van der Waals surface area (Å²) in [5.74, 6) is -0.766. The topological polar surface area (TPSA) is 58.4 Å². The molecule has 1 unspecified atom stereocenters. The first-order valence-electron chi connectivity index (χ1n) is 6.15. The van der Waals surface area contributed by atoms with Crippen molar-refractivity contribution in [3.8, 4) is 0 Å². The Bertz CT molecular complexity index is 492. The van der Waals surface area contributed by atoms with Crippen LogP contribution >= 0.6 is 11.6 Å². The lowest BCUT2D eigenvalue weighted by atomic mass is 10.1. The summed E-state index contributed by atoms with van der Waals surface area (Å²) in [6.45, 7) is 4.17. The number of nitro benzene ring substituents is 1. The molecule has 1 aromatic carbocycles. The van der Waals surface area contributed by atoms with Gasteiger partial charge in [-0.25, -0.2) is 4.39 Å². The maximum atomic E-state index is 13.4. The van der Waals surface area contributed by atoms with Crippen LogP contribution in [0.2, 0.25) is 5.02 Å². The molecule has 2 rings (SSSR count). The SMILES string of the molecule is CCN(c1cc(Cl)c(F)cc1[N+](=O)[O-])C1CCNC1. The van der Waals surface area contributed by atoms with Gasteiger partial charge < -0.3 is 10.2 Å². The van der Waals surface area contributed by atoms with E-state index in [1.807, 2.05) is 11.8 Å². The van der Waals surface area contributed by atoms with Crippen molar-refractivity contribution in [1.29, 1.82) is 0 Å². The van der Waals surface area contributed by atoms with Crippen LogP contribution in [0.3, 0.4) is 0 Å². The molecule has 0 aromatic heterocycles. The second kappa shape index (κ2) is 5.71. The van der Waals surface area contributed by atoms with Crippen LogP contribution in [0.15, 0.2) is 12.1 Å². The molecule has 104 valence electrons. The largest absolute Gasteiger partial charge is 0.362 e. The summed E-state index contributed by atoms with van der Waals surface area (Å²) in [5, 5.41) is 14.2. The van der Waals surface area contributed by atoms with Gasteiger partial charge in [-0.15, -0.1) is 0 Å². The summed E-state index contributed by atoms with van der Waals surface area (Å²) in [5.41, 5.74) is 0.142. The number of nitrogens with zero attached hydrogens (tertiary/aromatic N) is 2. The van der Waals surface area contributed by atoms with Gasteiger partial charge >= 0.3 is 0 Å². The zero-order chi connectivity index (χ0) is 14.0. The minimum atomic E-state index is -0.766. The molecule has 7 heteroatoms. The fraction of sp³-hybridized carbons (Fsp3) is 0.500. The van der Waals surface area contributed by atoms with Crippen molar-refractivity contribution in [1.82, 2.24) is 5.32 Å². The van der Waals surface area contributed by atoms with E-state index in [0.29, 0.717) is 12.2 Å². The van der Waals surface area contributed by atoms with Gasteiger partial charge in [0.05, 0.1) is 16.0 Å². The molecule has 1 fully saturated rings. The minimum absolute atomic E-state index is 0.0926. The molecule has 1 aliphatic heterocycles. The number of nitro groups is 1. The molecule has 1 aliphatic rings. The first kappa shape index (κ1) is 14.0. The Morgan fingerprint density at radius 2 is 2.37 bits per heavy atom. The molecular formula is C12H15ClFN3O2. The van der Waals surface area contributed by atoms with Crippen LogP contribution in [0.1, 0.15) is 13.3 Å². The van der Waals surface area contributed by atoms with E-state index >= 15 is 0 Å². The van der Waals surface area contributed by atoms with E-state index in [9.17, 15) is 14.5 Å². The number of halogens is 2. The van der Waals surface area contributed by atoms with E-state index < -0.39 is 10.7 Å². The number of anilines is 1. The van der Waals surface area contributed by atoms with Crippen molar-refractivity contribution in [2.75, 3.05) is 24.5 Å². The van der Waals surface area contributed by atoms with Gasteiger partial charge in [0.25, 0.3) is 5.69 Å². The third kappa shape index (κ3) is 2.79. The Balaban J connectivity index is 2.45. The third-order valence-electron chi connectivity index (χ3n) is 3.34. The Morgan fingerprint density at radius 3 is 2.89 bits per heavy atom. The highest BCUT2D eigenvalue weighted by Crippen LogP contribution is 2.34. The number of likely N-dealkylation sites (N-methyl/N-ethyl adjacent to an activating group) is 1. The van der Waals surface area contributed by atoms with Crippen molar-refractivity contribution >= 4 is 23.0 Å². The molecule has 1 heterocycles. The van der Waals surface area contributed by atoms with Crippen LogP contribution in [0.4, 0.5) is 15.8 Å². The Kier molecular flexibility index (Phi) is 4.21. The average molecular weight is 288 g/mol. The molecule has 0 bridgehead atoms. The minimum Gasteiger partial charge on any atom is -0.362 e. The fourth-order valence-electron chi connectivity index (χ4n) is 2.43. The second-order valence-corrected chi connectivity index (χ2v) is 4.85. The van der Waals surface area contributed by atoms with Gasteiger partial charge in [-0.1, -0.05) is 11.6 Å². The summed E-state index contributed by atoms with van der Waals surface area (Å²) in [6.07, 6.45) is 0.903. The van der Waals surface area contributed by atoms with Crippen LogP contribution in [0.5, 0.6) is 0 Å². The number of rotatable bonds is 4. The zero-order valence-corrected chi connectivity index (χ0v) is 11.3. The molecular weight excluding hydrogens is 273 g/mol. The number of hydrogen-bond acceptors (Lipinski definition) is 4. The maximum Gasteiger partial charge on any atom is 0.295 e. The molecule has 1 atom stereocenters. The van der Waals surface area contributed by atoms with Gasteiger partial charge in [0, 0.05) is 19.1 Å². The first-order chi connectivity index (χ1) is 9.04. The Hall–Kier alpha value is -1.40. The van der Waals surface area contributed by atoms with Crippen LogP contribution in [-0.2, 0) is 0 Å². The lowest BCUT2D eigenvalue weighted by Gasteiger charge is -2.29. The molecule has 0 amide bonds. The Labute approximate surface area is 115 Å². The predicted molar refractivity (Wildman–Crippen MR) is 72.4 cm³/mol. The van der Waals surface area contributed by atoms with Crippen molar-refractivity contribution in [3.05, 3.63) is 33.1 Å². The molecule has 19 heavy (non-hydrogen) atoms. The van der Waals surface area contributed by atoms with Crippen molar-refractivity contribution < 1.29 is 9.31 Å². The van der Waals surface area contributed by atoms with E-state index in [-0.39, 0.29) is 16.8 Å². The quantitative estimate of drug-likeness (QED) is 0.683. The van der Waals surface area contributed by atoms with Crippen LogP contribution in [-0.4, -0.2) is 30.6 Å². The smallest absolute Gasteiger partial charge is 0.295 e. The lowest BCUT2D eigenvalue weighted by Crippen LogP contribution is -2.37. The number of hydrogen-bond donors (Lipinski definition) is 1. The molecule has 1 N–H and O–H groups in total. The summed E-state index contributed by atoms with van der Waals surface area (Å²) >= 11 is 5.76. The van der Waals surface area contributed by atoms with E-state index in [4.69, 9.17) is 11.6 Å². The molecule has 1 saturated heterocycles. The van der Waals surface area contributed by atoms with E-state index in [1.54, 1.807) is 0 Å². The van der Waals surface area contributed by atoms with Crippen LogP contribution < -0.4 is 10.2 Å². The maximum absolute atomic E-state index is 13.4. The zero-order valence-electron chi connectivity index (χ0n) is 10.5. The lowest BCUT2D eigenvalue weighted by molar-refractivity contribution is -0.384. The van der Waals surface area contributed by atoms with Gasteiger partial charge in [-0.05, 0) is 26.0 Å². The summed E-state index contributed by atoms with van der Waals surface area (Å²) in [4.78, 5) is 12.4. The monoisotopic (exact) mass is 287 g/mol. The van der Waals surface area contributed by atoms with Gasteiger partial charge in [-0.3, -0.25) is 10.1 Å². The van der Waals surface area contributed by atoms with Crippen molar-refractivity contribution in [2.24, 2.45) is 0 Å². The number of benzene rings is 1. The molecule has 1 aromatic rings. The molecule has 5 nitrogen and oxygen atoms in total. The molecule has 0 spiro atoms. The van der Waals surface area contributed by atoms with E-state index in [2.05, 4.69) is 5.32 Å². The standard InChI is InChI=1S/C12H15ClFN3O2/c1-2-16(8-3-4-15-7-8)11-5-9(13)10(14)6-12(11)17(18)19/h5-6,8,15H,2-4,7H2,1H3. The van der Waals surface area contributed by atoms with Crippen molar-refractivity contribution in [2.45, 2.75) is 19.4 Å². The highest BCUT2D eigenvalue weighted by Gasteiger charge is 2.28. The number of nitrogens with one attached hydrogen (secondary N) is 1. The molecule has 0 saturated carbocycles. The predicted octanol–water partition coefficient (Wildman–Crippen LogP) is 2.58. The summed E-state index contributed by atoms with van der Waals surface area (Å²) < 4.78 is 13.4. The van der Waals surface area contributed by atoms with Crippen LogP contribution in [0, 0.1) is 15.9 Å². The van der Waals surface area contributed by atoms with E-state index in [0.717, 1.165) is 25.6 Å². The highest BCUT2D eigenvalue weighted by molar-refractivity contribution is 6.31. The van der Waals surface area contributed by atoms with Gasteiger partial charge in [-0.2, -0.15) is 0 Å². The first-order valence-corrected chi connectivity index (χ1v) is 6.53. The summed E-state index contributed by atoms with van der Waals surface area (Å²) in [7, 11) is 0. The van der Waals surface area contributed by atoms with Gasteiger partial charge in [0.1, 0.15) is 11.5 Å². The average Bonchev–Trinajstić information content (AvgIpc) is 2.87. The molecule has 0 aliphatic carbocycles. The van der Waals surface area contributed by atoms with Crippen molar-refractivity contribution in [3.63, 3.8) is 0 Å². The van der Waals surface area contributed by atoms with Crippen LogP contribution in [0.25, 0.3) is 0 Å². The van der Waals surface area contributed by atoms with Gasteiger partial charge in [0.2, 0.25) is 0 Å². The highest BCUT2D eigenvalue weighted by atomic mass is 35.5. The second-order valence-electron chi connectivity index (χ2n) is 4.44. The summed E-state index contributed by atoms with van der Waals surface area (Å²) in [6, 6.07) is 2.41. The molecule has 0 radical (unpaired) electrons. The van der Waals surface area contributed by atoms with Gasteiger partial charge in [0.15, 0.2) is 0 Å². The Morgan fingerprint density at radius 1 is 1.63 bits per heavy atom. The van der Waals surface area contributed by atoms with E-state index in [1.165, 1.54) is 6.07 Å². The normalized spacial score (nSPS) is 18.6. The third-order valence-corrected chi connectivity index (χ3v) is 3.63.